The molecular weight excluding hydrogens is 346 g/mol. The number of nitrogens with zero attached hydrogens (tertiary/aromatic N) is 3. The summed E-state index contributed by atoms with van der Waals surface area (Å²) < 4.78 is 6.31. The number of aryl methyl sites for hydroxylation is 2. The van der Waals surface area contributed by atoms with Crippen LogP contribution in [0.5, 0.6) is 0 Å². The van der Waals surface area contributed by atoms with E-state index in [0.29, 0.717) is 6.04 Å². The van der Waals surface area contributed by atoms with Gasteiger partial charge in [-0.2, -0.15) is 0 Å². The van der Waals surface area contributed by atoms with Crippen LogP contribution in [-0.4, -0.2) is 65.1 Å². The molecule has 26 heavy (non-hydrogen) atoms. The predicted molar refractivity (Wildman–Crippen MR) is 104 cm³/mol. The normalized spacial score (nSPS) is 27.0. The number of ether oxygens (including phenoxy) is 1. The van der Waals surface area contributed by atoms with Gasteiger partial charge in [-0.25, -0.2) is 4.98 Å². The van der Waals surface area contributed by atoms with Gasteiger partial charge in [0.1, 0.15) is 4.88 Å². The highest BCUT2D eigenvalue weighted by Gasteiger charge is 2.43. The second kappa shape index (κ2) is 7.56. The summed E-state index contributed by atoms with van der Waals surface area (Å²) in [6.07, 6.45) is 8.34. The molecule has 3 aliphatic rings. The Morgan fingerprint density at radius 3 is 2.54 bits per heavy atom. The number of piperidine rings is 2. The van der Waals surface area contributed by atoms with Gasteiger partial charge in [0.25, 0.3) is 5.91 Å². The lowest BCUT2D eigenvalue weighted by molar-refractivity contribution is -0.131. The first-order chi connectivity index (χ1) is 12.6. The lowest BCUT2D eigenvalue weighted by Crippen LogP contribution is -2.55. The number of rotatable bonds is 2. The highest BCUT2D eigenvalue weighted by molar-refractivity contribution is 7.13. The summed E-state index contributed by atoms with van der Waals surface area (Å²) in [7, 11) is 0. The molecule has 1 aromatic rings. The molecule has 0 bridgehead atoms. The van der Waals surface area contributed by atoms with Crippen LogP contribution >= 0.6 is 11.3 Å². The smallest absolute Gasteiger partial charge is 0.265 e. The van der Waals surface area contributed by atoms with Gasteiger partial charge in [0.15, 0.2) is 0 Å². The van der Waals surface area contributed by atoms with E-state index < -0.39 is 0 Å². The molecular formula is C20H31N3O2S. The number of thiazole rings is 1. The fourth-order valence-corrected chi connectivity index (χ4v) is 5.82. The first-order valence-corrected chi connectivity index (χ1v) is 11.0. The summed E-state index contributed by atoms with van der Waals surface area (Å²) in [5, 5.41) is 0.972. The molecule has 3 aliphatic heterocycles. The molecule has 3 saturated heterocycles. The molecule has 0 radical (unpaired) electrons. The zero-order chi connectivity index (χ0) is 18.1. The van der Waals surface area contributed by atoms with Gasteiger partial charge in [-0.15, -0.1) is 11.3 Å². The topological polar surface area (TPSA) is 45.7 Å². The lowest BCUT2D eigenvalue weighted by atomic mass is 9.81. The third kappa shape index (κ3) is 3.69. The van der Waals surface area contributed by atoms with Crippen LogP contribution in [0, 0.1) is 13.8 Å². The fraction of sp³-hybridized carbons (Fsp3) is 0.800. The average molecular weight is 378 g/mol. The van der Waals surface area contributed by atoms with Gasteiger partial charge in [0.05, 0.1) is 16.3 Å². The molecule has 6 heteroatoms. The molecule has 1 unspecified atom stereocenters. The summed E-state index contributed by atoms with van der Waals surface area (Å²) in [5.74, 6) is 0.159. The Kier molecular flexibility index (Phi) is 5.35. The molecule has 1 aromatic heterocycles. The molecule has 4 rings (SSSR count). The number of likely N-dealkylation sites (tertiary alicyclic amines) is 2. The van der Waals surface area contributed by atoms with Crippen molar-refractivity contribution in [2.75, 3.05) is 32.8 Å². The van der Waals surface area contributed by atoms with Crippen molar-refractivity contribution < 1.29 is 9.53 Å². The van der Waals surface area contributed by atoms with E-state index >= 15 is 0 Å². The number of hydrogen-bond donors (Lipinski definition) is 0. The quantitative estimate of drug-likeness (QED) is 0.792. The molecule has 1 spiro atoms. The highest BCUT2D eigenvalue weighted by atomic mass is 32.1. The van der Waals surface area contributed by atoms with E-state index in [4.69, 9.17) is 4.74 Å². The maximum absolute atomic E-state index is 12.9. The third-order valence-electron chi connectivity index (χ3n) is 6.43. The van der Waals surface area contributed by atoms with Gasteiger partial charge in [-0.1, -0.05) is 6.42 Å². The van der Waals surface area contributed by atoms with Gasteiger partial charge >= 0.3 is 0 Å². The zero-order valence-electron chi connectivity index (χ0n) is 16.1. The van der Waals surface area contributed by atoms with Crippen molar-refractivity contribution in [1.82, 2.24) is 14.8 Å². The van der Waals surface area contributed by atoms with Gasteiger partial charge in [0.2, 0.25) is 0 Å². The Hall–Kier alpha value is -0.980. The van der Waals surface area contributed by atoms with Crippen molar-refractivity contribution in [3.63, 3.8) is 0 Å². The van der Waals surface area contributed by atoms with Crippen LogP contribution in [0.4, 0.5) is 0 Å². The van der Waals surface area contributed by atoms with E-state index in [9.17, 15) is 4.79 Å². The molecule has 0 N–H and O–H groups in total. The summed E-state index contributed by atoms with van der Waals surface area (Å²) >= 11 is 1.52. The van der Waals surface area contributed by atoms with Crippen LogP contribution in [0.3, 0.4) is 0 Å². The van der Waals surface area contributed by atoms with Gasteiger partial charge in [-0.05, 0) is 65.5 Å². The Labute approximate surface area is 160 Å². The Bertz CT molecular complexity index is 645. The maximum Gasteiger partial charge on any atom is 0.265 e. The average Bonchev–Trinajstić information content (AvgIpc) is 3.01. The van der Waals surface area contributed by atoms with Crippen molar-refractivity contribution in [2.45, 2.75) is 70.4 Å². The summed E-state index contributed by atoms with van der Waals surface area (Å²) in [5.41, 5.74) is 0.868. The van der Waals surface area contributed by atoms with E-state index in [2.05, 4.69) is 9.88 Å². The van der Waals surface area contributed by atoms with E-state index in [1.165, 1.54) is 50.1 Å². The van der Waals surface area contributed by atoms with Crippen LogP contribution in [0.2, 0.25) is 0 Å². The first kappa shape index (κ1) is 18.4. The highest BCUT2D eigenvalue weighted by Crippen LogP contribution is 2.38. The zero-order valence-corrected chi connectivity index (χ0v) is 16.9. The molecule has 0 aromatic carbocycles. The molecule has 5 nitrogen and oxygen atoms in total. The molecule has 0 saturated carbocycles. The van der Waals surface area contributed by atoms with Gasteiger partial charge < -0.3 is 14.5 Å². The van der Waals surface area contributed by atoms with Crippen LogP contribution in [0.1, 0.15) is 65.3 Å². The standard InChI is InChI=1S/C20H31N3O2S/c1-15-18(26-16(2)21-15)19(24)23-11-7-20(8-12-23)14-17(6-13-25-20)22-9-4-3-5-10-22/h17H,3-14H2,1-2H3. The number of carbonyl (C=O) groups excluding carboxylic acids is 1. The van der Waals surface area contributed by atoms with E-state index in [0.717, 1.165) is 54.5 Å². The Morgan fingerprint density at radius 2 is 1.88 bits per heavy atom. The van der Waals surface area contributed by atoms with Crippen LogP contribution in [-0.2, 0) is 4.74 Å². The summed E-state index contributed by atoms with van der Waals surface area (Å²) in [6, 6.07) is 0.678. The molecule has 144 valence electrons. The monoisotopic (exact) mass is 377 g/mol. The second-order valence-corrected chi connectivity index (χ2v) is 9.42. The number of hydrogen-bond acceptors (Lipinski definition) is 5. The van der Waals surface area contributed by atoms with Crippen LogP contribution < -0.4 is 0 Å². The minimum atomic E-state index is -0.00416. The fourth-order valence-electron chi connectivity index (χ4n) is 4.94. The van der Waals surface area contributed by atoms with E-state index in [1.54, 1.807) is 0 Å². The largest absolute Gasteiger partial charge is 0.375 e. The van der Waals surface area contributed by atoms with Crippen molar-refractivity contribution in [2.24, 2.45) is 0 Å². The second-order valence-electron chi connectivity index (χ2n) is 8.21. The number of aromatic nitrogens is 1. The van der Waals surface area contributed by atoms with Gasteiger partial charge in [0, 0.05) is 25.7 Å². The third-order valence-corrected chi connectivity index (χ3v) is 7.49. The van der Waals surface area contributed by atoms with Crippen molar-refractivity contribution in [1.29, 1.82) is 0 Å². The summed E-state index contributed by atoms with van der Waals surface area (Å²) in [6.45, 7) is 8.92. The summed E-state index contributed by atoms with van der Waals surface area (Å²) in [4.78, 5) is 22.8. The van der Waals surface area contributed by atoms with Crippen molar-refractivity contribution in [3.05, 3.63) is 15.6 Å². The predicted octanol–water partition coefficient (Wildman–Crippen LogP) is 3.40. The van der Waals surface area contributed by atoms with Gasteiger partial charge in [-0.3, -0.25) is 4.79 Å². The first-order valence-electron chi connectivity index (χ1n) is 10.2. The molecule has 0 aliphatic carbocycles. The lowest BCUT2D eigenvalue weighted by Gasteiger charge is -2.49. The maximum atomic E-state index is 12.9. The molecule has 1 atom stereocenters. The van der Waals surface area contributed by atoms with Crippen LogP contribution in [0.15, 0.2) is 0 Å². The Morgan fingerprint density at radius 1 is 1.15 bits per heavy atom. The number of amides is 1. The van der Waals surface area contributed by atoms with Crippen LogP contribution in [0.25, 0.3) is 0 Å². The van der Waals surface area contributed by atoms with E-state index in [1.807, 2.05) is 18.7 Å². The number of carbonyl (C=O) groups is 1. The van der Waals surface area contributed by atoms with E-state index in [-0.39, 0.29) is 11.5 Å². The minimum Gasteiger partial charge on any atom is -0.375 e. The molecule has 1 amide bonds. The molecule has 4 heterocycles. The molecule has 3 fully saturated rings. The Balaban J connectivity index is 1.37. The minimum absolute atomic E-state index is 0.00416. The van der Waals surface area contributed by atoms with Crippen molar-refractivity contribution >= 4 is 17.2 Å². The SMILES string of the molecule is Cc1nc(C)c(C(=O)N2CCC3(CC2)CC(N2CCCCC2)CCO3)s1. The van der Waals surface area contributed by atoms with Crippen molar-refractivity contribution in [3.8, 4) is 0 Å².